The van der Waals surface area contributed by atoms with Crippen molar-refractivity contribution in [2.24, 2.45) is 5.73 Å². The van der Waals surface area contributed by atoms with E-state index in [1.54, 1.807) is 6.92 Å². The van der Waals surface area contributed by atoms with E-state index >= 15 is 0 Å². The van der Waals surface area contributed by atoms with E-state index in [0.717, 1.165) is 32.4 Å². The minimum absolute atomic E-state index is 0.0380. The van der Waals surface area contributed by atoms with Crippen LogP contribution in [0.15, 0.2) is 0 Å². The molecule has 1 amide bonds. The zero-order chi connectivity index (χ0) is 12.0. The highest BCUT2D eigenvalue weighted by atomic mass is 16.5. The van der Waals surface area contributed by atoms with Crippen molar-refractivity contribution >= 4 is 5.91 Å². The van der Waals surface area contributed by atoms with Crippen molar-refractivity contribution in [1.29, 1.82) is 0 Å². The van der Waals surface area contributed by atoms with Gasteiger partial charge in [-0.3, -0.25) is 4.79 Å². The Balaban J connectivity index is 2.45. The molecule has 0 aromatic rings. The molecule has 1 aliphatic rings. The van der Waals surface area contributed by atoms with Gasteiger partial charge in [-0.15, -0.1) is 0 Å². The average Bonchev–Trinajstić information content (AvgIpc) is 2.29. The van der Waals surface area contributed by atoms with Gasteiger partial charge in [-0.2, -0.15) is 0 Å². The van der Waals surface area contributed by atoms with Crippen molar-refractivity contribution in [3.8, 4) is 0 Å². The monoisotopic (exact) mass is 228 g/mol. The average molecular weight is 228 g/mol. The van der Waals surface area contributed by atoms with E-state index in [9.17, 15) is 4.79 Å². The standard InChI is InChI=1S/C12H24N2O2/c1-3-7-14(12(15)10(2)13)9-11-6-4-5-8-16-11/h10-11H,3-9,13H2,1-2H3/t10-,11?/m1/s1. The van der Waals surface area contributed by atoms with Crippen molar-refractivity contribution in [3.05, 3.63) is 0 Å². The fourth-order valence-corrected chi connectivity index (χ4v) is 2.05. The number of amides is 1. The molecule has 16 heavy (non-hydrogen) atoms. The van der Waals surface area contributed by atoms with Crippen molar-refractivity contribution < 1.29 is 9.53 Å². The summed E-state index contributed by atoms with van der Waals surface area (Å²) in [5, 5.41) is 0. The smallest absolute Gasteiger partial charge is 0.239 e. The lowest BCUT2D eigenvalue weighted by Crippen LogP contribution is -2.46. The number of nitrogens with two attached hydrogens (primary N) is 1. The largest absolute Gasteiger partial charge is 0.376 e. The van der Waals surface area contributed by atoms with Gasteiger partial charge < -0.3 is 15.4 Å². The van der Waals surface area contributed by atoms with E-state index in [2.05, 4.69) is 6.92 Å². The van der Waals surface area contributed by atoms with E-state index in [4.69, 9.17) is 10.5 Å². The van der Waals surface area contributed by atoms with E-state index < -0.39 is 6.04 Å². The third-order valence-electron chi connectivity index (χ3n) is 2.89. The Morgan fingerprint density at radius 3 is 2.81 bits per heavy atom. The topological polar surface area (TPSA) is 55.6 Å². The van der Waals surface area contributed by atoms with Gasteiger partial charge in [0.05, 0.1) is 12.1 Å². The highest BCUT2D eigenvalue weighted by molar-refractivity contribution is 5.81. The van der Waals surface area contributed by atoms with Gasteiger partial charge in [0.2, 0.25) is 5.91 Å². The van der Waals surface area contributed by atoms with Crippen LogP contribution in [0.2, 0.25) is 0 Å². The summed E-state index contributed by atoms with van der Waals surface area (Å²) in [6.07, 6.45) is 4.59. The molecule has 4 nitrogen and oxygen atoms in total. The fourth-order valence-electron chi connectivity index (χ4n) is 2.05. The predicted octanol–water partition coefficient (Wildman–Crippen LogP) is 1.14. The Morgan fingerprint density at radius 2 is 2.31 bits per heavy atom. The van der Waals surface area contributed by atoms with Gasteiger partial charge in [0.1, 0.15) is 0 Å². The first-order valence-corrected chi connectivity index (χ1v) is 6.31. The molecule has 0 saturated carbocycles. The molecular weight excluding hydrogens is 204 g/mol. The minimum Gasteiger partial charge on any atom is -0.376 e. The number of rotatable bonds is 5. The summed E-state index contributed by atoms with van der Waals surface area (Å²) in [5.74, 6) is 0.0380. The summed E-state index contributed by atoms with van der Waals surface area (Å²) in [6, 6.07) is -0.407. The number of ether oxygens (including phenoxy) is 1. The molecule has 0 bridgehead atoms. The summed E-state index contributed by atoms with van der Waals surface area (Å²) in [6.45, 7) is 6.13. The molecule has 0 radical (unpaired) electrons. The van der Waals surface area contributed by atoms with Gasteiger partial charge in [-0.25, -0.2) is 0 Å². The molecule has 0 aromatic carbocycles. The predicted molar refractivity (Wildman–Crippen MR) is 64.1 cm³/mol. The lowest BCUT2D eigenvalue weighted by Gasteiger charge is -2.30. The summed E-state index contributed by atoms with van der Waals surface area (Å²) in [7, 11) is 0. The van der Waals surface area contributed by atoms with Crippen LogP contribution in [0, 0.1) is 0 Å². The van der Waals surface area contributed by atoms with Gasteiger partial charge in [-0.1, -0.05) is 6.92 Å². The third-order valence-corrected chi connectivity index (χ3v) is 2.89. The molecule has 1 rings (SSSR count). The van der Waals surface area contributed by atoms with Gasteiger partial charge in [0.25, 0.3) is 0 Å². The number of hydrogen-bond acceptors (Lipinski definition) is 3. The normalized spacial score (nSPS) is 22.8. The van der Waals surface area contributed by atoms with E-state index in [1.807, 2.05) is 4.90 Å². The lowest BCUT2D eigenvalue weighted by atomic mass is 10.1. The van der Waals surface area contributed by atoms with Gasteiger partial charge in [0, 0.05) is 19.7 Å². The molecule has 0 spiro atoms. The van der Waals surface area contributed by atoms with Gasteiger partial charge in [-0.05, 0) is 32.6 Å². The lowest BCUT2D eigenvalue weighted by molar-refractivity contribution is -0.134. The Morgan fingerprint density at radius 1 is 1.56 bits per heavy atom. The molecular formula is C12H24N2O2. The molecule has 1 saturated heterocycles. The SMILES string of the molecule is CCCN(CC1CCCCO1)C(=O)[C@@H](C)N. The van der Waals surface area contributed by atoms with Crippen LogP contribution in [0.4, 0.5) is 0 Å². The minimum atomic E-state index is -0.407. The molecule has 1 unspecified atom stereocenters. The number of nitrogens with zero attached hydrogens (tertiary/aromatic N) is 1. The van der Waals surface area contributed by atoms with Crippen LogP contribution in [-0.2, 0) is 9.53 Å². The van der Waals surface area contributed by atoms with Crippen molar-refractivity contribution in [2.45, 2.75) is 51.7 Å². The molecule has 0 aromatic heterocycles. The molecule has 2 N–H and O–H groups in total. The summed E-state index contributed by atoms with van der Waals surface area (Å²) in [5.41, 5.74) is 5.64. The van der Waals surface area contributed by atoms with E-state index in [1.165, 1.54) is 6.42 Å². The fraction of sp³-hybridized carbons (Fsp3) is 0.917. The zero-order valence-electron chi connectivity index (χ0n) is 10.4. The van der Waals surface area contributed by atoms with Crippen LogP contribution in [0.25, 0.3) is 0 Å². The van der Waals surface area contributed by atoms with Gasteiger partial charge >= 0.3 is 0 Å². The molecule has 1 aliphatic heterocycles. The Bertz CT molecular complexity index is 213. The Hall–Kier alpha value is -0.610. The molecule has 4 heteroatoms. The summed E-state index contributed by atoms with van der Waals surface area (Å²) < 4.78 is 5.65. The third kappa shape index (κ3) is 4.10. The maximum absolute atomic E-state index is 11.9. The number of hydrogen-bond donors (Lipinski definition) is 1. The van der Waals surface area contributed by atoms with Crippen molar-refractivity contribution in [1.82, 2.24) is 4.90 Å². The van der Waals surface area contributed by atoms with Gasteiger partial charge in [0.15, 0.2) is 0 Å². The van der Waals surface area contributed by atoms with Crippen LogP contribution in [0.3, 0.4) is 0 Å². The maximum atomic E-state index is 11.9. The highest BCUT2D eigenvalue weighted by Gasteiger charge is 2.22. The maximum Gasteiger partial charge on any atom is 0.239 e. The molecule has 1 fully saturated rings. The van der Waals surface area contributed by atoms with E-state index in [0.29, 0.717) is 6.54 Å². The number of carbonyl (C=O) groups is 1. The quantitative estimate of drug-likeness (QED) is 0.767. The van der Waals surface area contributed by atoms with Crippen molar-refractivity contribution in [3.63, 3.8) is 0 Å². The first-order valence-electron chi connectivity index (χ1n) is 6.31. The first kappa shape index (κ1) is 13.5. The highest BCUT2D eigenvalue weighted by Crippen LogP contribution is 2.14. The van der Waals surface area contributed by atoms with Crippen LogP contribution in [0.5, 0.6) is 0 Å². The van der Waals surface area contributed by atoms with Crippen LogP contribution in [0.1, 0.15) is 39.5 Å². The molecule has 94 valence electrons. The second kappa shape index (κ2) is 6.86. The van der Waals surface area contributed by atoms with E-state index in [-0.39, 0.29) is 12.0 Å². The van der Waals surface area contributed by atoms with Crippen LogP contribution >= 0.6 is 0 Å². The summed E-state index contributed by atoms with van der Waals surface area (Å²) in [4.78, 5) is 13.7. The summed E-state index contributed by atoms with van der Waals surface area (Å²) >= 11 is 0. The second-order valence-electron chi connectivity index (χ2n) is 4.56. The second-order valence-corrected chi connectivity index (χ2v) is 4.56. The molecule has 1 heterocycles. The van der Waals surface area contributed by atoms with Crippen LogP contribution < -0.4 is 5.73 Å². The first-order chi connectivity index (χ1) is 7.65. The van der Waals surface area contributed by atoms with Crippen LogP contribution in [-0.4, -0.2) is 42.6 Å². The Kier molecular flexibility index (Phi) is 5.77. The van der Waals surface area contributed by atoms with Crippen molar-refractivity contribution in [2.75, 3.05) is 19.7 Å². The zero-order valence-corrected chi connectivity index (χ0v) is 10.4. The Labute approximate surface area is 98.1 Å². The molecule has 0 aliphatic carbocycles. The molecule has 2 atom stereocenters. The number of carbonyl (C=O) groups excluding carboxylic acids is 1.